The Morgan fingerprint density at radius 2 is 2.00 bits per heavy atom. The van der Waals surface area contributed by atoms with E-state index in [9.17, 15) is 0 Å². The topological polar surface area (TPSA) is 30.3 Å². The monoisotopic (exact) mass is 397 g/mol. The molecule has 0 aliphatic carbocycles. The summed E-state index contributed by atoms with van der Waals surface area (Å²) in [6.07, 6.45) is 7.97. The molecule has 0 radical (unpaired) electrons. The average molecular weight is 398 g/mol. The predicted molar refractivity (Wildman–Crippen MR) is 110 cm³/mol. The first kappa shape index (κ1) is 21.1. The van der Waals surface area contributed by atoms with E-state index in [1.807, 2.05) is 31.6 Å². The van der Waals surface area contributed by atoms with Crippen LogP contribution in [-0.4, -0.2) is 41.7 Å². The first-order valence-electron chi connectivity index (χ1n) is 9.18. The van der Waals surface area contributed by atoms with Crippen molar-refractivity contribution < 1.29 is 4.74 Å². The second-order valence-corrected chi connectivity index (χ2v) is 7.66. The molecule has 0 amide bonds. The van der Waals surface area contributed by atoms with Crippen LogP contribution in [0.5, 0.6) is 5.75 Å². The quantitative estimate of drug-likeness (QED) is 0.504. The summed E-state index contributed by atoms with van der Waals surface area (Å²) in [5, 5.41) is 1.01. The van der Waals surface area contributed by atoms with E-state index in [1.165, 1.54) is 0 Å². The molecule has 0 aliphatic rings. The van der Waals surface area contributed by atoms with Gasteiger partial charge in [-0.05, 0) is 33.0 Å². The number of aryl methyl sites for hydroxylation is 1. The van der Waals surface area contributed by atoms with E-state index in [0.29, 0.717) is 22.4 Å². The molecule has 1 unspecified atom stereocenters. The largest absolute Gasteiger partial charge is 0.492 e. The van der Waals surface area contributed by atoms with Crippen molar-refractivity contribution >= 4 is 23.2 Å². The minimum absolute atomic E-state index is 0.133. The maximum absolute atomic E-state index is 6.52. The van der Waals surface area contributed by atoms with Crippen LogP contribution in [0, 0.1) is 0 Å². The van der Waals surface area contributed by atoms with Gasteiger partial charge < -0.3 is 14.2 Å². The van der Waals surface area contributed by atoms with Crippen LogP contribution >= 0.6 is 23.2 Å². The van der Waals surface area contributed by atoms with Gasteiger partial charge in [0, 0.05) is 37.5 Å². The van der Waals surface area contributed by atoms with Crippen molar-refractivity contribution in [3.63, 3.8) is 0 Å². The number of rotatable bonds is 10. The molecule has 0 N–H and O–H groups in total. The van der Waals surface area contributed by atoms with Crippen LogP contribution in [0.4, 0.5) is 0 Å². The fourth-order valence-electron chi connectivity index (χ4n) is 3.07. The van der Waals surface area contributed by atoms with Crippen molar-refractivity contribution in [2.45, 2.75) is 38.5 Å². The van der Waals surface area contributed by atoms with Gasteiger partial charge in [-0.2, -0.15) is 0 Å². The van der Waals surface area contributed by atoms with Crippen molar-refractivity contribution in [2.24, 2.45) is 7.05 Å². The molecule has 2 rings (SSSR count). The lowest BCUT2D eigenvalue weighted by atomic mass is 9.92. The Kier molecular flexibility index (Phi) is 8.26. The summed E-state index contributed by atoms with van der Waals surface area (Å²) in [4.78, 5) is 6.72. The van der Waals surface area contributed by atoms with Gasteiger partial charge in [0.15, 0.2) is 0 Å². The van der Waals surface area contributed by atoms with Gasteiger partial charge >= 0.3 is 0 Å². The van der Waals surface area contributed by atoms with E-state index in [4.69, 9.17) is 27.9 Å². The highest BCUT2D eigenvalue weighted by atomic mass is 35.5. The molecule has 0 saturated heterocycles. The van der Waals surface area contributed by atoms with Crippen LogP contribution in [-0.2, 0) is 7.05 Å². The average Bonchev–Trinajstić information content (AvgIpc) is 3.02. The Bertz CT molecular complexity index is 700. The Hall–Kier alpha value is -1.23. The lowest BCUT2D eigenvalue weighted by molar-refractivity contribution is 0.278. The van der Waals surface area contributed by atoms with Crippen molar-refractivity contribution in [3.8, 4) is 5.75 Å². The summed E-state index contributed by atoms with van der Waals surface area (Å²) in [5.74, 6) is 1.85. The standard InChI is InChI=1S/C20H29Cl2N3O/c1-5-6-8-16(20-23-11-13-25(20)4)15-9-10-17(21)18(22)19(15)26-14-7-12-24(2)3/h9-11,13,16H,5-8,12,14H2,1-4H3. The van der Waals surface area contributed by atoms with Crippen molar-refractivity contribution in [2.75, 3.05) is 27.2 Å². The number of hydrogen-bond donors (Lipinski definition) is 0. The van der Waals surface area contributed by atoms with Crippen molar-refractivity contribution in [1.29, 1.82) is 0 Å². The summed E-state index contributed by atoms with van der Waals surface area (Å²) in [6, 6.07) is 3.89. The number of hydrogen-bond acceptors (Lipinski definition) is 3. The van der Waals surface area contributed by atoms with Crippen LogP contribution in [0.25, 0.3) is 0 Å². The molecule has 1 atom stereocenters. The number of halogens is 2. The van der Waals surface area contributed by atoms with Crippen LogP contribution in [0.3, 0.4) is 0 Å². The molecule has 0 saturated carbocycles. The third kappa shape index (κ3) is 5.38. The Morgan fingerprint density at radius 1 is 1.23 bits per heavy atom. The maximum atomic E-state index is 6.52. The zero-order chi connectivity index (χ0) is 19.1. The first-order chi connectivity index (χ1) is 12.5. The molecule has 1 aromatic heterocycles. The fourth-order valence-corrected chi connectivity index (χ4v) is 3.44. The van der Waals surface area contributed by atoms with Crippen LogP contribution in [0.15, 0.2) is 24.5 Å². The summed E-state index contributed by atoms with van der Waals surface area (Å²) in [6.45, 7) is 3.77. The Labute approximate surface area is 167 Å². The number of imidazole rings is 1. The molecule has 0 bridgehead atoms. The van der Waals surface area contributed by atoms with E-state index in [-0.39, 0.29) is 5.92 Å². The molecule has 4 nitrogen and oxygen atoms in total. The lowest BCUT2D eigenvalue weighted by Crippen LogP contribution is -2.16. The highest BCUT2D eigenvalue weighted by molar-refractivity contribution is 6.43. The second-order valence-electron chi connectivity index (χ2n) is 6.88. The Morgan fingerprint density at radius 3 is 2.62 bits per heavy atom. The summed E-state index contributed by atoms with van der Waals surface area (Å²) < 4.78 is 8.19. The SMILES string of the molecule is CCCCC(c1ccc(Cl)c(Cl)c1OCCCN(C)C)c1nccn1C. The highest BCUT2D eigenvalue weighted by Crippen LogP contribution is 2.42. The molecule has 0 fully saturated rings. The van der Waals surface area contributed by atoms with Gasteiger partial charge in [0.25, 0.3) is 0 Å². The van der Waals surface area contributed by atoms with Crippen LogP contribution < -0.4 is 4.74 Å². The first-order valence-corrected chi connectivity index (χ1v) is 9.93. The molecule has 1 aromatic carbocycles. The van der Waals surface area contributed by atoms with E-state index >= 15 is 0 Å². The number of benzene rings is 1. The van der Waals surface area contributed by atoms with Gasteiger partial charge in [-0.25, -0.2) is 4.98 Å². The summed E-state index contributed by atoms with van der Waals surface area (Å²) in [7, 11) is 6.13. The van der Waals surface area contributed by atoms with Crippen molar-refractivity contribution in [1.82, 2.24) is 14.5 Å². The minimum Gasteiger partial charge on any atom is -0.492 e. The minimum atomic E-state index is 0.133. The molecular weight excluding hydrogens is 369 g/mol. The molecule has 0 spiro atoms. The smallest absolute Gasteiger partial charge is 0.143 e. The maximum Gasteiger partial charge on any atom is 0.143 e. The zero-order valence-corrected chi connectivity index (χ0v) is 17.6. The van der Waals surface area contributed by atoms with E-state index in [0.717, 1.165) is 43.6 Å². The van der Waals surface area contributed by atoms with Crippen LogP contribution in [0.1, 0.15) is 49.9 Å². The third-order valence-electron chi connectivity index (χ3n) is 4.47. The number of ether oxygens (including phenoxy) is 1. The van der Waals surface area contributed by atoms with Gasteiger partial charge in [0.2, 0.25) is 0 Å². The Balaban J connectivity index is 2.34. The normalized spacial score (nSPS) is 12.6. The molecule has 144 valence electrons. The molecule has 1 heterocycles. The van der Waals surface area contributed by atoms with Gasteiger partial charge in [-0.15, -0.1) is 0 Å². The summed E-state index contributed by atoms with van der Waals surface area (Å²) >= 11 is 12.8. The van der Waals surface area contributed by atoms with Gasteiger partial charge in [-0.1, -0.05) is 49.0 Å². The predicted octanol–water partition coefficient (Wildman–Crippen LogP) is 5.38. The molecule has 26 heavy (non-hydrogen) atoms. The molecule has 6 heteroatoms. The summed E-state index contributed by atoms with van der Waals surface area (Å²) in [5.41, 5.74) is 1.06. The van der Waals surface area contributed by atoms with Gasteiger partial charge in [-0.3, -0.25) is 0 Å². The lowest BCUT2D eigenvalue weighted by Gasteiger charge is -2.22. The highest BCUT2D eigenvalue weighted by Gasteiger charge is 2.24. The van der Waals surface area contributed by atoms with Crippen LogP contribution in [0.2, 0.25) is 10.0 Å². The van der Waals surface area contributed by atoms with E-state index < -0.39 is 0 Å². The molecule has 0 aliphatic heterocycles. The molecule has 2 aromatic rings. The van der Waals surface area contributed by atoms with Gasteiger partial charge in [0.1, 0.15) is 16.6 Å². The van der Waals surface area contributed by atoms with E-state index in [2.05, 4.69) is 35.5 Å². The second kappa shape index (κ2) is 10.2. The number of aromatic nitrogens is 2. The third-order valence-corrected chi connectivity index (χ3v) is 5.26. The van der Waals surface area contributed by atoms with Crippen molar-refractivity contribution in [3.05, 3.63) is 46.0 Å². The zero-order valence-electron chi connectivity index (χ0n) is 16.1. The van der Waals surface area contributed by atoms with E-state index in [1.54, 1.807) is 0 Å². The molecular formula is C20H29Cl2N3O. The van der Waals surface area contributed by atoms with Gasteiger partial charge in [0.05, 0.1) is 11.6 Å². The number of nitrogens with zero attached hydrogens (tertiary/aromatic N) is 3. The number of unbranched alkanes of at least 4 members (excludes halogenated alkanes) is 1. The fraction of sp³-hybridized carbons (Fsp3) is 0.550.